The van der Waals surface area contributed by atoms with Gasteiger partial charge < -0.3 is 59.8 Å². The zero-order valence-corrected chi connectivity index (χ0v) is 60.2. The summed E-state index contributed by atoms with van der Waals surface area (Å²) in [5, 5.41) is 53.4. The van der Waals surface area contributed by atoms with Crippen LogP contribution in [0.1, 0.15) is 104 Å². The van der Waals surface area contributed by atoms with E-state index in [1.54, 1.807) is 67.3 Å². The van der Waals surface area contributed by atoms with E-state index in [0.717, 1.165) is 71.0 Å². The average Bonchev–Trinajstić information content (AvgIpc) is 1.78. The summed E-state index contributed by atoms with van der Waals surface area (Å²) in [6.07, 6.45) is 9.34. The van der Waals surface area contributed by atoms with Crippen molar-refractivity contribution >= 4 is 110 Å². The fourth-order valence-electron chi connectivity index (χ4n) is 10.7. The van der Waals surface area contributed by atoms with Crippen molar-refractivity contribution in [3.05, 3.63) is 287 Å². The van der Waals surface area contributed by atoms with E-state index in [-0.39, 0.29) is 88.6 Å². The molecule has 0 aliphatic heterocycles. The SMILES string of the molecule is C.CO.COC(=O)c1cccc(F)c1CCc1cc(Br)cc2ccoc12.COC(=O)c1cccc(F)c1CCc1cc(C#N)cc2ccoc12.N#Cc1cc(CCc2c(F)cccc2C(=O)O)c2occc2c1.O=C(O)c1cccc(F)c1CCc1cc(Br)cc2ccoc12.O=S(=O)(O)O.[C-]#N.[Cu+].[Li+].[OH-]. The molecule has 0 aliphatic carbocycles. The zero-order valence-electron chi connectivity index (χ0n) is 55.2. The fourth-order valence-corrected chi connectivity index (χ4v) is 11.8. The Balaban J connectivity index is 0.000000452. The molecule has 105 heavy (non-hydrogen) atoms. The molecule has 0 saturated heterocycles. The van der Waals surface area contributed by atoms with Crippen LogP contribution in [0.25, 0.3) is 43.9 Å². The third kappa shape index (κ3) is 25.0. The van der Waals surface area contributed by atoms with Gasteiger partial charge in [0.15, 0.2) is 0 Å². The summed E-state index contributed by atoms with van der Waals surface area (Å²) in [7, 11) is -1.11. The molecule has 0 unspecified atom stereocenters. The first kappa shape index (κ1) is 90.9. The number of carbonyl (C=O) groups excluding carboxylic acids is 2. The van der Waals surface area contributed by atoms with E-state index < -0.39 is 57.5 Å². The van der Waals surface area contributed by atoms with Crippen molar-refractivity contribution in [2.24, 2.45) is 0 Å². The van der Waals surface area contributed by atoms with Crippen LogP contribution < -0.4 is 18.9 Å². The Morgan fingerprint density at radius 3 is 0.943 bits per heavy atom. The average molecular weight is 1630 g/mol. The molecular weight excluding hydrogens is 1570 g/mol. The summed E-state index contributed by atoms with van der Waals surface area (Å²) >= 11 is 6.90. The van der Waals surface area contributed by atoms with Crippen molar-refractivity contribution in [2.45, 2.75) is 58.8 Å². The number of nitriles is 2. The van der Waals surface area contributed by atoms with Crippen molar-refractivity contribution < 1.29 is 138 Å². The standard InChI is InChI=1S/C19H14FNO3.C18H14BrFO3.C18H12FNO3.C17H12BrFO3.CN.CH4O.CH4.Cu.Li.H2O4S.H2O/c1-23-19(22)16-3-2-4-17(20)15(16)6-5-13-9-12(11-21)10-14-7-8-24-18(13)14;1-22-18(21)15-3-2-4-16(20)14(15)6-5-11-9-13(19)10-12-7-8-23-17(11)12;19-16-3-1-2-15(18(21)22)14(16)5-4-12-8-11(10-20)9-13-6-7-23-17(12)13;18-12-8-10(16-11(9-12)6-7-22-16)4-5-13-14(17(20)21)2-1-3-15(13)19;2*1-2;;;;1-5(2,3)4;/h2-4,7-10H,5-6H2,1H3;2-4,7-10H,5-6H2,1H3;1-3,6-9H,4-5H2,(H,21,22);1-3,6-9H,4-5H2,(H,20,21);;2H,1H3;1H4;;;(H2,1,2,3,4);1H2/q;;;;-1;;;2*+1;;/p-1. The minimum Gasteiger partial charge on any atom is -0.870 e. The molecule has 12 rings (SSSR count). The molecule has 4 aromatic heterocycles. The van der Waals surface area contributed by atoms with Gasteiger partial charge in [0.05, 0.1) is 84.8 Å². The van der Waals surface area contributed by atoms with Gasteiger partial charge in [-0.1, -0.05) is 63.6 Å². The first-order chi connectivity index (χ1) is 48.4. The number of aryl methyl sites for hydroxylation is 4. The molecule has 0 spiro atoms. The number of esters is 2. The van der Waals surface area contributed by atoms with Crippen LogP contribution in [0.5, 0.6) is 0 Å². The van der Waals surface area contributed by atoms with Gasteiger partial charge in [0, 0.05) is 59.9 Å². The Kier molecular flexibility index (Phi) is 38.0. The Morgan fingerprint density at radius 2 is 0.695 bits per heavy atom. The number of hydrogen-bond donors (Lipinski definition) is 5. The van der Waals surface area contributed by atoms with Gasteiger partial charge in [0.1, 0.15) is 45.6 Å². The van der Waals surface area contributed by atoms with Crippen LogP contribution in [0.15, 0.2) is 197 Å². The van der Waals surface area contributed by atoms with E-state index in [1.807, 2.05) is 36.4 Å². The predicted molar refractivity (Wildman–Crippen MR) is 377 cm³/mol. The molecular formula is C75H63Br2CuF4LiN3O18S. The number of aromatic carboxylic acids is 2. The smallest absolute Gasteiger partial charge is 0.870 e. The van der Waals surface area contributed by atoms with Crippen molar-refractivity contribution in [1.29, 1.82) is 15.8 Å². The molecule has 0 amide bonds. The fraction of sp³-hybridized carbons (Fsp3) is 0.160. The van der Waals surface area contributed by atoms with Crippen molar-refractivity contribution in [1.82, 2.24) is 0 Å². The van der Waals surface area contributed by atoms with Crippen LogP contribution in [-0.4, -0.2) is 83.5 Å². The van der Waals surface area contributed by atoms with E-state index in [4.69, 9.17) is 72.1 Å². The number of methoxy groups -OCH3 is 2. The van der Waals surface area contributed by atoms with Gasteiger partial charge >= 0.3 is 70.2 Å². The number of carboxylic acids is 2. The second-order valence-electron chi connectivity index (χ2n) is 21.1. The van der Waals surface area contributed by atoms with Crippen LogP contribution in [0.4, 0.5) is 17.6 Å². The molecule has 6 N–H and O–H groups in total. The number of carboxylic acid groups (broad SMARTS) is 2. The van der Waals surface area contributed by atoms with E-state index in [0.29, 0.717) is 78.4 Å². The van der Waals surface area contributed by atoms with Gasteiger partial charge in [-0.15, -0.1) is 0 Å². The Labute approximate surface area is 639 Å². The summed E-state index contributed by atoms with van der Waals surface area (Å²) in [5.74, 6) is -5.28. The van der Waals surface area contributed by atoms with Gasteiger partial charge in [-0.3, -0.25) is 9.11 Å². The Hall–Kier alpha value is -10.1. The number of hydrogen-bond acceptors (Lipinski definition) is 17. The number of aliphatic hydroxyl groups is 1. The van der Waals surface area contributed by atoms with Crippen LogP contribution in [0.3, 0.4) is 0 Å². The summed E-state index contributed by atoms with van der Waals surface area (Å²) in [6.45, 7) is 4.75. The van der Waals surface area contributed by atoms with Gasteiger partial charge in [-0.25, -0.2) is 36.7 Å². The van der Waals surface area contributed by atoms with E-state index in [9.17, 15) is 47.0 Å². The van der Waals surface area contributed by atoms with Crippen molar-refractivity contribution in [2.75, 3.05) is 21.3 Å². The third-order valence-electron chi connectivity index (χ3n) is 15.0. The third-order valence-corrected chi connectivity index (χ3v) is 15.9. The number of halogens is 6. The monoisotopic (exact) mass is 1630 g/mol. The Bertz CT molecular complexity index is 5180. The van der Waals surface area contributed by atoms with Gasteiger partial charge in [0.25, 0.3) is 0 Å². The molecule has 8 aromatic carbocycles. The molecule has 30 heteroatoms. The van der Waals surface area contributed by atoms with Crippen LogP contribution >= 0.6 is 31.9 Å². The van der Waals surface area contributed by atoms with Gasteiger partial charge in [0.2, 0.25) is 0 Å². The number of furan rings is 4. The molecule has 0 radical (unpaired) electrons. The second kappa shape index (κ2) is 43.8. The molecule has 4 heterocycles. The molecule has 0 fully saturated rings. The predicted octanol–water partition coefficient (Wildman–Crippen LogP) is 14.2. The molecule has 0 atom stereocenters. The number of aliphatic hydroxyl groups excluding tert-OH is 1. The maximum absolute atomic E-state index is 14.2. The summed E-state index contributed by atoms with van der Waals surface area (Å²) in [6, 6.07) is 43.0. The number of carbonyl (C=O) groups is 4. The van der Waals surface area contributed by atoms with E-state index >= 15 is 0 Å². The first-order valence-corrected chi connectivity index (χ1v) is 32.6. The van der Waals surface area contributed by atoms with Gasteiger partial charge in [-0.2, -0.15) is 18.9 Å². The van der Waals surface area contributed by atoms with Crippen molar-refractivity contribution in [3.63, 3.8) is 0 Å². The quantitative estimate of drug-likeness (QED) is 0.0197. The summed E-state index contributed by atoms with van der Waals surface area (Å²) < 4.78 is 121. The van der Waals surface area contributed by atoms with E-state index in [2.05, 4.69) is 44.0 Å². The van der Waals surface area contributed by atoms with E-state index in [1.165, 1.54) is 81.1 Å². The maximum atomic E-state index is 14.2. The molecule has 546 valence electrons. The normalized spacial score (nSPS) is 10.1. The number of ether oxygens (including phenoxy) is 2. The van der Waals surface area contributed by atoms with Crippen molar-refractivity contribution in [3.8, 4) is 12.1 Å². The zero-order chi connectivity index (χ0) is 74.1. The van der Waals surface area contributed by atoms with Gasteiger partial charge in [-0.05, 0) is 195 Å². The second-order valence-corrected chi connectivity index (χ2v) is 23.8. The maximum Gasteiger partial charge on any atom is 1.00 e. The molecule has 0 saturated carbocycles. The van der Waals surface area contributed by atoms with Crippen LogP contribution in [0.2, 0.25) is 0 Å². The number of benzene rings is 8. The van der Waals surface area contributed by atoms with Crippen LogP contribution in [-0.2, 0) is 88.3 Å². The largest absolute Gasteiger partial charge is 1.00 e. The van der Waals surface area contributed by atoms with Crippen LogP contribution in [0, 0.1) is 57.8 Å². The molecule has 0 aliphatic rings. The number of fused-ring (bicyclic) bond motifs is 4. The number of nitrogens with zero attached hydrogens (tertiary/aromatic N) is 3. The summed E-state index contributed by atoms with van der Waals surface area (Å²) in [5.41, 5.74) is 8.72. The first-order valence-electron chi connectivity index (χ1n) is 29.6. The minimum atomic E-state index is -4.67. The minimum absolute atomic E-state index is 0. The number of rotatable bonds is 16. The summed E-state index contributed by atoms with van der Waals surface area (Å²) in [4.78, 5) is 46.1. The molecule has 0 bridgehead atoms. The Morgan fingerprint density at radius 1 is 0.457 bits per heavy atom. The molecule has 12 aromatic rings. The topological polar surface area (TPSA) is 376 Å². The molecule has 21 nitrogen and oxygen atoms in total.